The predicted octanol–water partition coefficient (Wildman–Crippen LogP) is 18.4. The Morgan fingerprint density at radius 3 is 1.21 bits per heavy atom. The molecule has 72 heavy (non-hydrogen) atoms. The van der Waals surface area contributed by atoms with Gasteiger partial charge in [-0.05, 0) is 116 Å². The zero-order chi connectivity index (χ0) is 47.1. The maximum atomic E-state index is 6.62. The van der Waals surface area contributed by atoms with Crippen molar-refractivity contribution in [1.29, 1.82) is 0 Å². The van der Waals surface area contributed by atoms with E-state index in [2.05, 4.69) is 248 Å². The van der Waals surface area contributed by atoms with Crippen molar-refractivity contribution in [2.75, 3.05) is 4.90 Å². The quantitative estimate of drug-likeness (QED) is 0.175. The Kier molecular flexibility index (Phi) is 8.49. The average Bonchev–Trinajstić information content (AvgIpc) is 4.08. The highest BCUT2D eigenvalue weighted by Crippen LogP contribution is 2.67. The third kappa shape index (κ3) is 5.22. The van der Waals surface area contributed by atoms with E-state index in [0.29, 0.717) is 0 Å². The van der Waals surface area contributed by atoms with E-state index in [1.54, 1.807) is 0 Å². The summed E-state index contributed by atoms with van der Waals surface area (Å²) < 4.78 is 6.62. The lowest BCUT2D eigenvalue weighted by Crippen LogP contribution is -2.32. The van der Waals surface area contributed by atoms with Crippen LogP contribution in [-0.4, -0.2) is 0 Å². The number of furan rings is 1. The first kappa shape index (κ1) is 40.4. The van der Waals surface area contributed by atoms with Gasteiger partial charge < -0.3 is 9.32 Å². The minimum atomic E-state index is -0.524. The van der Waals surface area contributed by atoms with Crippen LogP contribution in [0.15, 0.2) is 273 Å². The molecule has 0 fully saturated rings. The van der Waals surface area contributed by atoms with Crippen LogP contribution in [-0.2, 0) is 10.8 Å². The lowest BCUT2D eigenvalue weighted by atomic mass is 9.67. The molecule has 16 rings (SSSR count). The summed E-state index contributed by atoms with van der Waals surface area (Å²) in [6, 6.07) is 93.0. The van der Waals surface area contributed by atoms with E-state index in [-0.39, 0.29) is 0 Å². The molecule has 3 heterocycles. The molecule has 4 aliphatic rings. The Morgan fingerprint density at radius 1 is 0.306 bits per heavy atom. The lowest BCUT2D eigenvalue weighted by Gasteiger charge is -2.40. The zero-order valence-electron chi connectivity index (χ0n) is 38.8. The number of nitrogens with zero attached hydrogens (tertiary/aromatic N) is 1. The van der Waals surface area contributed by atoms with Crippen molar-refractivity contribution in [2.45, 2.75) is 30.4 Å². The van der Waals surface area contributed by atoms with Crippen LogP contribution in [0.3, 0.4) is 0 Å². The molecule has 0 saturated carbocycles. The summed E-state index contributed by atoms with van der Waals surface area (Å²) in [4.78, 5) is 7.77. The van der Waals surface area contributed by atoms with Gasteiger partial charge in [0, 0.05) is 52.7 Å². The fourth-order valence-corrected chi connectivity index (χ4v) is 15.7. The van der Waals surface area contributed by atoms with Gasteiger partial charge in [0.05, 0.1) is 22.2 Å². The molecule has 336 valence electrons. The molecule has 2 spiro atoms. The number of hydrogen-bond donors (Lipinski definition) is 0. The second-order valence-electron chi connectivity index (χ2n) is 19.3. The van der Waals surface area contributed by atoms with E-state index in [0.717, 1.165) is 50.1 Å². The van der Waals surface area contributed by atoms with Gasteiger partial charge in [0.1, 0.15) is 11.2 Å². The average molecular weight is 952 g/mol. The van der Waals surface area contributed by atoms with Crippen LogP contribution in [0.5, 0.6) is 0 Å². The van der Waals surface area contributed by atoms with Crippen molar-refractivity contribution in [2.24, 2.45) is 0 Å². The van der Waals surface area contributed by atoms with E-state index in [4.69, 9.17) is 4.42 Å². The third-order valence-electron chi connectivity index (χ3n) is 16.0. The van der Waals surface area contributed by atoms with Gasteiger partial charge in [0.15, 0.2) is 0 Å². The number of rotatable bonds is 4. The van der Waals surface area contributed by atoms with Crippen molar-refractivity contribution in [3.63, 3.8) is 0 Å². The summed E-state index contributed by atoms with van der Waals surface area (Å²) in [5, 5.41) is 2.26. The first-order valence-corrected chi connectivity index (χ1v) is 26.4. The van der Waals surface area contributed by atoms with Crippen molar-refractivity contribution < 1.29 is 4.42 Å². The van der Waals surface area contributed by atoms with Crippen LogP contribution in [0, 0.1) is 0 Å². The SMILES string of the molecule is c1ccc2c(c1)Sc1ccccc1C21c2ccccc2-c2c(N(c3ccc(-c4cccc5c4oc4ccccc45)cc3)c3cccc4c3-c3ccccc3C43c4ccccc4Sc4ccccc43)cccc21. The van der Waals surface area contributed by atoms with Crippen LogP contribution < -0.4 is 4.90 Å². The predicted molar refractivity (Wildman–Crippen MR) is 297 cm³/mol. The smallest absolute Gasteiger partial charge is 0.143 e. The van der Waals surface area contributed by atoms with Gasteiger partial charge in [-0.2, -0.15) is 0 Å². The summed E-state index contributed by atoms with van der Waals surface area (Å²) in [6.07, 6.45) is 0. The van der Waals surface area contributed by atoms with Crippen LogP contribution in [0.2, 0.25) is 0 Å². The highest BCUT2D eigenvalue weighted by molar-refractivity contribution is 7.99. The van der Waals surface area contributed by atoms with Gasteiger partial charge in [0.2, 0.25) is 0 Å². The first-order chi connectivity index (χ1) is 35.7. The van der Waals surface area contributed by atoms with Gasteiger partial charge in [-0.15, -0.1) is 0 Å². The molecule has 0 atom stereocenters. The molecule has 0 amide bonds. The maximum absolute atomic E-state index is 6.62. The van der Waals surface area contributed by atoms with Gasteiger partial charge >= 0.3 is 0 Å². The molecule has 0 bridgehead atoms. The monoisotopic (exact) mass is 951 g/mol. The van der Waals surface area contributed by atoms with Gasteiger partial charge in [-0.25, -0.2) is 0 Å². The molecule has 0 unspecified atom stereocenters. The number of para-hydroxylation sites is 2. The summed E-state index contributed by atoms with van der Waals surface area (Å²) in [5.74, 6) is 0. The molecule has 11 aromatic carbocycles. The summed E-state index contributed by atoms with van der Waals surface area (Å²) in [6.45, 7) is 0. The topological polar surface area (TPSA) is 16.4 Å². The van der Waals surface area contributed by atoms with Crippen LogP contribution in [0.4, 0.5) is 17.1 Å². The molecule has 2 aliphatic carbocycles. The first-order valence-electron chi connectivity index (χ1n) is 24.7. The third-order valence-corrected chi connectivity index (χ3v) is 18.3. The van der Waals surface area contributed by atoms with Gasteiger partial charge in [0.25, 0.3) is 0 Å². The highest BCUT2D eigenvalue weighted by atomic mass is 32.2. The Balaban J connectivity index is 0.994. The van der Waals surface area contributed by atoms with Gasteiger partial charge in [-0.1, -0.05) is 218 Å². The van der Waals surface area contributed by atoms with Crippen LogP contribution in [0.25, 0.3) is 55.3 Å². The maximum Gasteiger partial charge on any atom is 0.143 e. The lowest BCUT2D eigenvalue weighted by molar-refractivity contribution is 0.670. The molecular weight excluding hydrogens is 911 g/mol. The van der Waals surface area contributed by atoms with Crippen LogP contribution >= 0.6 is 23.5 Å². The van der Waals surface area contributed by atoms with Gasteiger partial charge in [-0.3, -0.25) is 0 Å². The fourth-order valence-electron chi connectivity index (χ4n) is 13.3. The highest BCUT2D eigenvalue weighted by Gasteiger charge is 2.53. The molecule has 4 heteroatoms. The normalized spacial score (nSPS) is 14.5. The summed E-state index contributed by atoms with van der Waals surface area (Å²) in [5.41, 5.74) is 21.9. The Hall–Kier alpha value is -8.28. The number of benzene rings is 11. The van der Waals surface area contributed by atoms with Crippen molar-refractivity contribution in [3.8, 4) is 33.4 Å². The number of fused-ring (bicyclic) bond motifs is 21. The van der Waals surface area contributed by atoms with Crippen molar-refractivity contribution >= 4 is 62.5 Å². The molecule has 0 radical (unpaired) electrons. The molecule has 2 nitrogen and oxygen atoms in total. The second kappa shape index (κ2) is 15.1. The van der Waals surface area contributed by atoms with E-state index >= 15 is 0 Å². The molecule has 2 aliphatic heterocycles. The summed E-state index contributed by atoms with van der Waals surface area (Å²) in [7, 11) is 0. The molecule has 12 aromatic rings. The molecule has 1 aromatic heterocycles. The van der Waals surface area contributed by atoms with E-state index in [1.807, 2.05) is 29.6 Å². The number of anilines is 3. The fraction of sp³-hybridized carbons (Fsp3) is 0.0294. The standard InChI is InChI=1S/C68H41NOS2/c1-4-23-49-47(19-1)64-55(67(49)51-25-6-11-34-60(51)71-61-35-12-7-26-52(61)67)29-16-31-57(64)69(43-40-38-42(39-41-43)44-21-15-22-46-45-18-3-10-33-59(45)70-66(44)46)58-32-17-30-56-65(58)48-20-2-5-24-50(48)68(56)53-27-8-13-36-62(53)72-63-37-14-9-28-54(63)68/h1-41H. The zero-order valence-corrected chi connectivity index (χ0v) is 40.5. The minimum absolute atomic E-state index is 0.524. The number of hydrogen-bond acceptors (Lipinski definition) is 4. The molecule has 0 N–H and O–H groups in total. The largest absolute Gasteiger partial charge is 0.455 e. The Morgan fingerprint density at radius 2 is 0.694 bits per heavy atom. The van der Waals surface area contributed by atoms with E-state index in [1.165, 1.54) is 86.3 Å². The minimum Gasteiger partial charge on any atom is -0.455 e. The summed E-state index contributed by atoms with van der Waals surface area (Å²) >= 11 is 3.77. The van der Waals surface area contributed by atoms with Crippen LogP contribution in [0.1, 0.15) is 44.5 Å². The Labute approximate surface area is 426 Å². The molecule has 0 saturated heterocycles. The van der Waals surface area contributed by atoms with E-state index < -0.39 is 10.8 Å². The van der Waals surface area contributed by atoms with E-state index in [9.17, 15) is 0 Å². The van der Waals surface area contributed by atoms with Crippen molar-refractivity contribution in [3.05, 3.63) is 293 Å². The second-order valence-corrected chi connectivity index (χ2v) is 21.5. The molecular formula is C68H41NOS2. The Bertz CT molecular complexity index is 3970. The van der Waals surface area contributed by atoms with Crippen molar-refractivity contribution in [1.82, 2.24) is 0 Å².